The summed E-state index contributed by atoms with van der Waals surface area (Å²) in [4.78, 5) is 20.6. The third kappa shape index (κ3) is 5.79. The lowest BCUT2D eigenvalue weighted by Gasteiger charge is -2.14. The second-order valence-corrected chi connectivity index (χ2v) is 4.79. The fraction of sp³-hybridized carbons (Fsp3) is 0.667. The van der Waals surface area contributed by atoms with Gasteiger partial charge in [-0.3, -0.25) is 0 Å². The zero-order valence-electron chi connectivity index (χ0n) is 8.19. The Kier molecular flexibility index (Phi) is 5.28. The van der Waals surface area contributed by atoms with Crippen molar-refractivity contribution in [2.45, 2.75) is 24.6 Å². The van der Waals surface area contributed by atoms with Crippen LogP contribution in [0.5, 0.6) is 0 Å². The van der Waals surface area contributed by atoms with Crippen molar-refractivity contribution in [3.63, 3.8) is 0 Å². The van der Waals surface area contributed by atoms with Gasteiger partial charge >= 0.3 is 39.1 Å². The first-order valence-corrected chi connectivity index (χ1v) is 5.80. The summed E-state index contributed by atoms with van der Waals surface area (Å²) in [6, 6.07) is 0. The van der Waals surface area contributed by atoms with E-state index in [0.29, 0.717) is 0 Å². The number of carbonyl (C=O) groups excluding carboxylic acids is 2. The molecule has 11 heteroatoms. The second-order valence-electron chi connectivity index (χ2n) is 2.64. The molecule has 4 nitrogen and oxygen atoms in total. The van der Waals surface area contributed by atoms with E-state index in [0.717, 1.165) is 6.92 Å². The summed E-state index contributed by atoms with van der Waals surface area (Å²) >= 11 is -3.67. The Hall–Kier alpha value is -0.948. The summed E-state index contributed by atoms with van der Waals surface area (Å²) in [5, 5.41) is -0.413. The average Bonchev–Trinajstić information content (AvgIpc) is 2.13. The highest BCUT2D eigenvalue weighted by Gasteiger charge is 2.49. The van der Waals surface area contributed by atoms with Gasteiger partial charge in [0.2, 0.25) is 0 Å². The summed E-state index contributed by atoms with van der Waals surface area (Å²) in [5.41, 5.74) is 0. The number of hydrogen-bond acceptors (Lipinski definition) is 4. The van der Waals surface area contributed by atoms with Crippen LogP contribution in [0.15, 0.2) is 0 Å². The quantitative estimate of drug-likeness (QED) is 0.584. The molecule has 0 rings (SSSR count). The van der Waals surface area contributed by atoms with E-state index >= 15 is 0 Å². The summed E-state index contributed by atoms with van der Waals surface area (Å²) in [6.45, 7) is 1.13. The van der Waals surface area contributed by atoms with Crippen molar-refractivity contribution < 1.29 is 43.5 Å². The lowest BCUT2D eigenvalue weighted by atomic mass is 10.7. The van der Waals surface area contributed by atoms with Crippen LogP contribution in [0.2, 0.25) is 5.28 Å². The lowest BCUT2D eigenvalue weighted by molar-refractivity contribution is -0.197. The topological polar surface area (TPSA) is 52.6 Å². The second kappa shape index (κ2) is 5.59. The third-order valence-corrected chi connectivity index (χ3v) is 2.89. The smallest absolute Gasteiger partial charge is 0.579 e. The zero-order valence-corrected chi connectivity index (χ0v) is 9.34. The van der Waals surface area contributed by atoms with Gasteiger partial charge in [-0.2, -0.15) is 26.3 Å². The van der Waals surface area contributed by atoms with Gasteiger partial charge in [0.1, 0.15) is 0 Å². The molecule has 0 aromatic carbocycles. The standard InChI is InChI=1S/2C2HF3O2.C2H5.Al/c2*3-2(4,5)1(6)7;1-2;/h2*(H,6,7);1H2,2H3;/q;;;+2/p-2. The SMILES string of the molecule is C[CH2][Al]([O]C(=O)C(F)(F)F)[O]C(=O)C(F)(F)F. The van der Waals surface area contributed by atoms with Gasteiger partial charge in [-0.1, -0.05) is 6.92 Å². The Labute approximate surface area is 95.5 Å². The summed E-state index contributed by atoms with van der Waals surface area (Å²) in [7, 11) is 0. The van der Waals surface area contributed by atoms with Crippen molar-refractivity contribution in [2.75, 3.05) is 0 Å². The van der Waals surface area contributed by atoms with Crippen molar-refractivity contribution in [1.82, 2.24) is 0 Å². The average molecular weight is 282 g/mol. The largest absolute Gasteiger partial charge is 0.860 e. The maximum absolute atomic E-state index is 11.7. The van der Waals surface area contributed by atoms with Crippen molar-refractivity contribution in [3.05, 3.63) is 0 Å². The van der Waals surface area contributed by atoms with E-state index in [4.69, 9.17) is 0 Å². The van der Waals surface area contributed by atoms with Crippen LogP contribution >= 0.6 is 0 Å². The Balaban J connectivity index is 4.47. The van der Waals surface area contributed by atoms with Crippen LogP contribution in [0.1, 0.15) is 6.92 Å². The molecule has 98 valence electrons. The van der Waals surface area contributed by atoms with Crippen LogP contribution in [0, 0.1) is 0 Å². The van der Waals surface area contributed by atoms with Crippen LogP contribution in [0.4, 0.5) is 26.3 Å². The van der Waals surface area contributed by atoms with Crippen molar-refractivity contribution in [1.29, 1.82) is 0 Å². The van der Waals surface area contributed by atoms with Gasteiger partial charge in [-0.05, 0) is 5.28 Å². The van der Waals surface area contributed by atoms with Gasteiger partial charge in [0.05, 0.1) is 0 Å². The number of rotatable bonds is 3. The summed E-state index contributed by atoms with van der Waals surface area (Å²) in [6.07, 6.45) is -10.7. The van der Waals surface area contributed by atoms with E-state index in [9.17, 15) is 35.9 Å². The molecular weight excluding hydrogens is 277 g/mol. The van der Waals surface area contributed by atoms with Gasteiger partial charge in [-0.25, -0.2) is 9.59 Å². The highest BCUT2D eigenvalue weighted by atomic mass is 27.2. The number of halogens is 6. The molecule has 0 aromatic rings. The lowest BCUT2D eigenvalue weighted by Crippen LogP contribution is -2.38. The highest BCUT2D eigenvalue weighted by molar-refractivity contribution is 6.49. The van der Waals surface area contributed by atoms with Crippen LogP contribution in [-0.2, 0) is 17.2 Å². The van der Waals surface area contributed by atoms with Gasteiger partial charge < -0.3 is 7.58 Å². The minimum absolute atomic E-state index is 0.413. The maximum atomic E-state index is 11.7. The van der Waals surface area contributed by atoms with Gasteiger partial charge in [0.15, 0.2) is 0 Å². The van der Waals surface area contributed by atoms with Crippen LogP contribution in [-0.4, -0.2) is 39.1 Å². The van der Waals surface area contributed by atoms with Crippen LogP contribution in [0.3, 0.4) is 0 Å². The molecule has 0 aliphatic carbocycles. The first-order valence-electron chi connectivity index (χ1n) is 4.04. The molecule has 0 fully saturated rings. The van der Waals surface area contributed by atoms with Gasteiger partial charge in [0, 0.05) is 0 Å². The van der Waals surface area contributed by atoms with Crippen molar-refractivity contribution in [3.8, 4) is 0 Å². The molecule has 0 atom stereocenters. The summed E-state index contributed by atoms with van der Waals surface area (Å²) < 4.78 is 77.5. The van der Waals surface area contributed by atoms with Crippen molar-refractivity contribution in [2.24, 2.45) is 0 Å². The predicted octanol–water partition coefficient (Wildman–Crippen LogP) is 1.71. The molecule has 0 amide bonds. The van der Waals surface area contributed by atoms with Crippen LogP contribution < -0.4 is 0 Å². The Morgan fingerprint density at radius 1 is 0.941 bits per heavy atom. The molecule has 0 unspecified atom stereocenters. The van der Waals surface area contributed by atoms with E-state index in [1.54, 1.807) is 0 Å². The third-order valence-electron chi connectivity index (χ3n) is 1.27. The molecule has 0 saturated heterocycles. The van der Waals surface area contributed by atoms with Crippen LogP contribution in [0.25, 0.3) is 0 Å². The monoisotopic (exact) mass is 282 g/mol. The molecule has 0 heterocycles. The fourth-order valence-electron chi connectivity index (χ4n) is 0.563. The molecule has 0 N–H and O–H groups in total. The highest BCUT2D eigenvalue weighted by Crippen LogP contribution is 2.20. The predicted molar refractivity (Wildman–Crippen MR) is 40.5 cm³/mol. The van der Waals surface area contributed by atoms with Gasteiger partial charge in [-0.15, -0.1) is 0 Å². The Morgan fingerprint density at radius 3 is 1.41 bits per heavy atom. The normalized spacial score (nSPS) is 11.9. The molecule has 0 aliphatic heterocycles. The van der Waals surface area contributed by atoms with Gasteiger partial charge in [0.25, 0.3) is 0 Å². The fourth-order valence-corrected chi connectivity index (χ4v) is 1.69. The molecule has 0 spiro atoms. The summed E-state index contributed by atoms with van der Waals surface area (Å²) in [5.74, 6) is -5.35. The minimum Gasteiger partial charge on any atom is -0.579 e. The first kappa shape index (κ1) is 16.1. The number of alkyl halides is 6. The van der Waals surface area contributed by atoms with E-state index in [1.165, 1.54) is 0 Å². The minimum atomic E-state index is -5.34. The number of hydrogen-bond donors (Lipinski definition) is 0. The Bertz CT molecular complexity index is 270. The van der Waals surface area contributed by atoms with E-state index in [2.05, 4.69) is 7.58 Å². The molecule has 17 heavy (non-hydrogen) atoms. The van der Waals surface area contributed by atoms with E-state index in [1.807, 2.05) is 0 Å². The molecule has 0 bridgehead atoms. The Morgan fingerprint density at radius 2 is 1.24 bits per heavy atom. The molecule has 0 aromatic heterocycles. The molecule has 0 radical (unpaired) electrons. The molecular formula is C6H5AlF6O4. The maximum Gasteiger partial charge on any atom is 0.860 e. The first-order chi connectivity index (χ1) is 7.48. The molecule has 0 aliphatic rings. The van der Waals surface area contributed by atoms with Crippen molar-refractivity contribution >= 4 is 26.8 Å². The zero-order chi connectivity index (χ0) is 13.9. The van der Waals surface area contributed by atoms with E-state index in [-0.39, 0.29) is 0 Å². The number of carbonyl (C=O) groups is 2. The van der Waals surface area contributed by atoms with E-state index < -0.39 is 44.4 Å². The molecule has 0 saturated carbocycles.